The van der Waals surface area contributed by atoms with E-state index in [-0.39, 0.29) is 0 Å². The molecule has 0 unspecified atom stereocenters. The average Bonchev–Trinajstić information content (AvgIpc) is 2.58. The third-order valence-electron chi connectivity index (χ3n) is 3.94. The Morgan fingerprint density at radius 2 is 1.94 bits per heavy atom. The van der Waals surface area contributed by atoms with E-state index in [1.807, 2.05) is 0 Å². The molecule has 2 heterocycles. The number of hydrogen-bond acceptors (Lipinski definition) is 1. The summed E-state index contributed by atoms with van der Waals surface area (Å²) >= 11 is 0. The Hall–Kier alpha value is -0.760. The standard InChI is InChI=1S/C15H26N2/c1-11(2)10-17-12(3)9-15(13(17)4)14-5-7-16-8-6-14/h9,11,14,16H,5-8,10H2,1-4H3. The first-order valence-corrected chi connectivity index (χ1v) is 6.97. The maximum Gasteiger partial charge on any atom is 0.0247 e. The lowest BCUT2D eigenvalue weighted by Gasteiger charge is -2.23. The Labute approximate surface area is 105 Å². The van der Waals surface area contributed by atoms with Crippen LogP contribution < -0.4 is 5.32 Å². The molecule has 0 saturated carbocycles. The second kappa shape index (κ2) is 5.26. The third kappa shape index (κ3) is 2.74. The van der Waals surface area contributed by atoms with Crippen molar-refractivity contribution in [2.75, 3.05) is 13.1 Å². The number of hydrogen-bond donors (Lipinski definition) is 1. The fourth-order valence-electron chi connectivity index (χ4n) is 3.02. The lowest BCUT2D eigenvalue weighted by molar-refractivity contribution is 0.455. The van der Waals surface area contributed by atoms with Crippen LogP contribution >= 0.6 is 0 Å². The van der Waals surface area contributed by atoms with Crippen LogP contribution in [0.3, 0.4) is 0 Å². The minimum Gasteiger partial charge on any atom is -0.349 e. The van der Waals surface area contributed by atoms with Crippen LogP contribution in [0.15, 0.2) is 6.07 Å². The molecule has 2 nitrogen and oxygen atoms in total. The molecule has 1 saturated heterocycles. The SMILES string of the molecule is Cc1cc(C2CCNCC2)c(C)n1CC(C)C. The van der Waals surface area contributed by atoms with Gasteiger partial charge in [-0.05, 0) is 63.2 Å². The summed E-state index contributed by atoms with van der Waals surface area (Å²) in [6, 6.07) is 2.42. The van der Waals surface area contributed by atoms with Crippen LogP contribution in [0.4, 0.5) is 0 Å². The van der Waals surface area contributed by atoms with Crippen LogP contribution in [-0.2, 0) is 6.54 Å². The topological polar surface area (TPSA) is 17.0 Å². The first kappa shape index (κ1) is 12.7. The Bertz CT molecular complexity index is 371. The maximum absolute atomic E-state index is 3.45. The molecule has 1 aliphatic rings. The van der Waals surface area contributed by atoms with Gasteiger partial charge in [-0.15, -0.1) is 0 Å². The quantitative estimate of drug-likeness (QED) is 0.849. The molecule has 1 aromatic rings. The average molecular weight is 234 g/mol. The van der Waals surface area contributed by atoms with Crippen molar-refractivity contribution in [1.82, 2.24) is 9.88 Å². The molecule has 0 radical (unpaired) electrons. The van der Waals surface area contributed by atoms with Crippen molar-refractivity contribution in [3.05, 3.63) is 23.0 Å². The fraction of sp³-hybridized carbons (Fsp3) is 0.733. The molecule has 0 aliphatic carbocycles. The van der Waals surface area contributed by atoms with Crippen molar-refractivity contribution in [3.8, 4) is 0 Å². The normalized spacial score (nSPS) is 17.9. The molecular weight excluding hydrogens is 208 g/mol. The van der Waals surface area contributed by atoms with Crippen molar-refractivity contribution in [1.29, 1.82) is 0 Å². The van der Waals surface area contributed by atoms with Gasteiger partial charge in [-0.2, -0.15) is 0 Å². The Kier molecular flexibility index (Phi) is 3.93. The third-order valence-corrected chi connectivity index (χ3v) is 3.94. The van der Waals surface area contributed by atoms with Crippen LogP contribution in [0.2, 0.25) is 0 Å². The van der Waals surface area contributed by atoms with Crippen LogP contribution in [0.1, 0.15) is 49.6 Å². The number of nitrogens with zero attached hydrogens (tertiary/aromatic N) is 1. The second-order valence-corrected chi connectivity index (χ2v) is 5.86. The molecule has 96 valence electrons. The smallest absolute Gasteiger partial charge is 0.0247 e. The van der Waals surface area contributed by atoms with Crippen LogP contribution in [0, 0.1) is 19.8 Å². The van der Waals surface area contributed by atoms with Gasteiger partial charge in [-0.3, -0.25) is 0 Å². The monoisotopic (exact) mass is 234 g/mol. The van der Waals surface area contributed by atoms with E-state index < -0.39 is 0 Å². The van der Waals surface area contributed by atoms with Gasteiger partial charge in [0.05, 0.1) is 0 Å². The first-order valence-electron chi connectivity index (χ1n) is 6.97. The zero-order chi connectivity index (χ0) is 12.4. The molecule has 2 heteroatoms. The molecule has 0 atom stereocenters. The lowest BCUT2D eigenvalue weighted by Crippen LogP contribution is -2.26. The number of aryl methyl sites for hydroxylation is 1. The van der Waals surface area contributed by atoms with Crippen molar-refractivity contribution >= 4 is 0 Å². The van der Waals surface area contributed by atoms with E-state index in [4.69, 9.17) is 0 Å². The lowest BCUT2D eigenvalue weighted by atomic mass is 9.90. The van der Waals surface area contributed by atoms with Crippen molar-refractivity contribution < 1.29 is 0 Å². The van der Waals surface area contributed by atoms with E-state index in [2.05, 4.69) is 43.6 Å². The highest BCUT2D eigenvalue weighted by atomic mass is 15.0. The predicted molar refractivity (Wildman–Crippen MR) is 73.6 cm³/mol. The number of nitrogens with one attached hydrogen (secondary N) is 1. The maximum atomic E-state index is 3.45. The van der Waals surface area contributed by atoms with Crippen LogP contribution in [0.25, 0.3) is 0 Å². The summed E-state index contributed by atoms with van der Waals surface area (Å²) in [5.41, 5.74) is 4.54. The molecule has 1 aliphatic heterocycles. The van der Waals surface area contributed by atoms with E-state index in [1.54, 1.807) is 5.56 Å². The largest absolute Gasteiger partial charge is 0.349 e. The Balaban J connectivity index is 2.23. The summed E-state index contributed by atoms with van der Waals surface area (Å²) in [5.74, 6) is 1.50. The minimum absolute atomic E-state index is 0.723. The van der Waals surface area contributed by atoms with Crippen molar-refractivity contribution in [2.24, 2.45) is 5.92 Å². The minimum atomic E-state index is 0.723. The predicted octanol–water partition coefficient (Wildman–Crippen LogP) is 3.23. The molecule has 0 aromatic carbocycles. The zero-order valence-corrected chi connectivity index (χ0v) is 11.7. The highest BCUT2D eigenvalue weighted by Crippen LogP contribution is 2.30. The van der Waals surface area contributed by atoms with Gasteiger partial charge < -0.3 is 9.88 Å². The molecule has 17 heavy (non-hydrogen) atoms. The van der Waals surface area contributed by atoms with E-state index in [0.717, 1.165) is 18.4 Å². The summed E-state index contributed by atoms with van der Waals surface area (Å²) in [5, 5.41) is 3.45. The molecule has 0 bridgehead atoms. The van der Waals surface area contributed by atoms with E-state index in [9.17, 15) is 0 Å². The summed E-state index contributed by atoms with van der Waals surface area (Å²) in [7, 11) is 0. The number of aromatic nitrogens is 1. The van der Waals surface area contributed by atoms with Crippen LogP contribution in [-0.4, -0.2) is 17.7 Å². The summed E-state index contributed by atoms with van der Waals surface area (Å²) in [6.07, 6.45) is 2.60. The molecule has 0 spiro atoms. The van der Waals surface area contributed by atoms with Gasteiger partial charge in [0, 0.05) is 17.9 Å². The summed E-state index contributed by atoms with van der Waals surface area (Å²) < 4.78 is 2.50. The number of piperidine rings is 1. The van der Waals surface area contributed by atoms with Gasteiger partial charge in [0.1, 0.15) is 0 Å². The van der Waals surface area contributed by atoms with Gasteiger partial charge >= 0.3 is 0 Å². The van der Waals surface area contributed by atoms with Gasteiger partial charge in [-0.1, -0.05) is 13.8 Å². The molecule has 1 aromatic heterocycles. The highest BCUT2D eigenvalue weighted by molar-refractivity contribution is 5.30. The second-order valence-electron chi connectivity index (χ2n) is 5.86. The molecule has 2 rings (SSSR count). The molecule has 0 amide bonds. The van der Waals surface area contributed by atoms with Gasteiger partial charge in [0.25, 0.3) is 0 Å². The van der Waals surface area contributed by atoms with Gasteiger partial charge in [-0.25, -0.2) is 0 Å². The highest BCUT2D eigenvalue weighted by Gasteiger charge is 2.20. The molecule has 1 N–H and O–H groups in total. The summed E-state index contributed by atoms with van der Waals surface area (Å²) in [4.78, 5) is 0. The van der Waals surface area contributed by atoms with E-state index in [0.29, 0.717) is 0 Å². The number of rotatable bonds is 3. The van der Waals surface area contributed by atoms with Crippen molar-refractivity contribution in [3.63, 3.8) is 0 Å². The molecule has 1 fully saturated rings. The Morgan fingerprint density at radius 1 is 1.29 bits per heavy atom. The fourth-order valence-corrected chi connectivity index (χ4v) is 3.02. The van der Waals surface area contributed by atoms with Gasteiger partial charge in [0.2, 0.25) is 0 Å². The van der Waals surface area contributed by atoms with Crippen molar-refractivity contribution in [2.45, 2.75) is 53.0 Å². The summed E-state index contributed by atoms with van der Waals surface area (Å²) in [6.45, 7) is 12.7. The zero-order valence-electron chi connectivity index (χ0n) is 11.7. The van der Waals surface area contributed by atoms with Gasteiger partial charge in [0.15, 0.2) is 0 Å². The van der Waals surface area contributed by atoms with E-state index in [1.165, 1.54) is 37.3 Å². The molecular formula is C15H26N2. The van der Waals surface area contributed by atoms with Crippen LogP contribution in [0.5, 0.6) is 0 Å². The van der Waals surface area contributed by atoms with E-state index >= 15 is 0 Å². The first-order chi connectivity index (χ1) is 8.09. The Morgan fingerprint density at radius 3 is 2.53 bits per heavy atom.